The first-order chi connectivity index (χ1) is 11.1. The number of hydrogen-bond acceptors (Lipinski definition) is 4. The summed E-state index contributed by atoms with van der Waals surface area (Å²) in [7, 11) is 1.34. The average molecular weight is 352 g/mol. The summed E-state index contributed by atoms with van der Waals surface area (Å²) in [5, 5.41) is 2.55. The smallest absolute Gasteiger partial charge is 0.307 e. The Hall–Kier alpha value is -1.85. The van der Waals surface area contributed by atoms with Crippen LogP contribution in [-0.4, -0.2) is 30.4 Å². The van der Waals surface area contributed by atoms with Gasteiger partial charge < -0.3 is 9.64 Å². The lowest BCUT2D eigenvalue weighted by molar-refractivity contribution is -0.141. The Morgan fingerprint density at radius 3 is 2.65 bits per heavy atom. The molecule has 0 bridgehead atoms. The maximum atomic E-state index is 12.6. The summed E-state index contributed by atoms with van der Waals surface area (Å²) in [6, 6.07) is 11.2. The van der Waals surface area contributed by atoms with Crippen LogP contribution < -0.4 is 0 Å². The summed E-state index contributed by atoms with van der Waals surface area (Å²) in [4.78, 5) is 26.6. The van der Waals surface area contributed by atoms with Gasteiger partial charge in [0.05, 0.1) is 20.0 Å². The van der Waals surface area contributed by atoms with Crippen molar-refractivity contribution in [2.75, 3.05) is 13.7 Å². The second kappa shape index (κ2) is 8.70. The maximum Gasteiger partial charge on any atom is 0.307 e. The van der Waals surface area contributed by atoms with Crippen LogP contribution in [0.15, 0.2) is 41.8 Å². The van der Waals surface area contributed by atoms with Crippen LogP contribution in [0.2, 0.25) is 5.02 Å². The highest BCUT2D eigenvalue weighted by atomic mass is 35.5. The zero-order chi connectivity index (χ0) is 16.7. The van der Waals surface area contributed by atoms with Gasteiger partial charge in [0.25, 0.3) is 0 Å². The van der Waals surface area contributed by atoms with Crippen LogP contribution in [0.3, 0.4) is 0 Å². The van der Waals surface area contributed by atoms with Gasteiger partial charge in [-0.1, -0.05) is 35.9 Å². The van der Waals surface area contributed by atoms with E-state index in [1.165, 1.54) is 7.11 Å². The van der Waals surface area contributed by atoms with E-state index in [0.717, 1.165) is 10.4 Å². The first-order valence-electron chi connectivity index (χ1n) is 7.20. The van der Waals surface area contributed by atoms with Gasteiger partial charge in [0.15, 0.2) is 0 Å². The van der Waals surface area contributed by atoms with Crippen LogP contribution in [0.5, 0.6) is 0 Å². The summed E-state index contributed by atoms with van der Waals surface area (Å²) in [5.74, 6) is -0.366. The fourth-order valence-electron chi connectivity index (χ4n) is 2.13. The summed E-state index contributed by atoms with van der Waals surface area (Å²) in [5.41, 5.74) is 0.860. The number of esters is 1. The molecule has 0 unspecified atom stereocenters. The molecule has 0 fully saturated rings. The van der Waals surface area contributed by atoms with E-state index in [-0.39, 0.29) is 18.3 Å². The molecule has 0 aliphatic rings. The molecule has 23 heavy (non-hydrogen) atoms. The zero-order valence-electron chi connectivity index (χ0n) is 12.8. The number of thiophene rings is 1. The molecular weight excluding hydrogens is 334 g/mol. The molecule has 1 amide bonds. The third-order valence-electron chi connectivity index (χ3n) is 3.39. The number of hydrogen-bond donors (Lipinski definition) is 0. The number of nitrogens with zero attached hydrogens (tertiary/aromatic N) is 1. The number of halogens is 1. The number of benzene rings is 1. The highest BCUT2D eigenvalue weighted by Crippen LogP contribution is 2.18. The van der Waals surface area contributed by atoms with Gasteiger partial charge in [-0.25, -0.2) is 0 Å². The van der Waals surface area contributed by atoms with Crippen LogP contribution in [0.25, 0.3) is 0 Å². The molecule has 6 heteroatoms. The molecule has 1 heterocycles. The second-order valence-electron chi connectivity index (χ2n) is 4.99. The van der Waals surface area contributed by atoms with Gasteiger partial charge >= 0.3 is 5.97 Å². The predicted octanol–water partition coefficient (Wildman–Crippen LogP) is 3.54. The summed E-state index contributed by atoms with van der Waals surface area (Å²) in [6.45, 7) is 0.684. The van der Waals surface area contributed by atoms with Crippen molar-refractivity contribution in [3.63, 3.8) is 0 Å². The Kier molecular flexibility index (Phi) is 6.62. The fourth-order valence-corrected chi connectivity index (χ4v) is 3.02. The highest BCUT2D eigenvalue weighted by Gasteiger charge is 2.17. The monoisotopic (exact) mass is 351 g/mol. The molecule has 1 aromatic heterocycles. The van der Waals surface area contributed by atoms with Crippen molar-refractivity contribution in [2.45, 2.75) is 19.4 Å². The molecule has 0 aliphatic carbocycles. The summed E-state index contributed by atoms with van der Waals surface area (Å²) in [6.07, 6.45) is 0.487. The molecule has 0 radical (unpaired) electrons. The van der Waals surface area contributed by atoms with Crippen molar-refractivity contribution in [3.05, 3.63) is 57.2 Å². The molecule has 0 saturated heterocycles. The van der Waals surface area contributed by atoms with Gasteiger partial charge in [-0.15, -0.1) is 11.3 Å². The minimum Gasteiger partial charge on any atom is -0.469 e. The van der Waals surface area contributed by atoms with Crippen LogP contribution in [0, 0.1) is 0 Å². The minimum atomic E-state index is -0.335. The van der Waals surface area contributed by atoms with Crippen molar-refractivity contribution in [1.29, 1.82) is 0 Å². The van der Waals surface area contributed by atoms with Gasteiger partial charge in [-0.05, 0) is 23.1 Å². The van der Waals surface area contributed by atoms with E-state index in [0.29, 0.717) is 24.5 Å². The van der Waals surface area contributed by atoms with E-state index >= 15 is 0 Å². The number of carbonyl (C=O) groups is 2. The van der Waals surface area contributed by atoms with Crippen molar-refractivity contribution < 1.29 is 14.3 Å². The van der Waals surface area contributed by atoms with Gasteiger partial charge in [0.1, 0.15) is 0 Å². The third-order valence-corrected chi connectivity index (χ3v) is 4.64. The Bertz CT molecular complexity index is 658. The number of carbonyl (C=O) groups excluding carboxylic acids is 2. The van der Waals surface area contributed by atoms with Gasteiger partial charge in [-0.3, -0.25) is 9.59 Å². The van der Waals surface area contributed by atoms with Crippen molar-refractivity contribution >= 4 is 34.8 Å². The van der Waals surface area contributed by atoms with E-state index in [1.54, 1.807) is 22.3 Å². The largest absolute Gasteiger partial charge is 0.469 e. The first-order valence-corrected chi connectivity index (χ1v) is 8.46. The molecule has 0 N–H and O–H groups in total. The van der Waals surface area contributed by atoms with Crippen LogP contribution in [0.1, 0.15) is 16.9 Å². The summed E-state index contributed by atoms with van der Waals surface area (Å²) < 4.78 is 4.66. The Labute approximate surface area is 144 Å². The standard InChI is InChI=1S/C17H18ClNO3S/c1-22-17(21)8-9-19(12-13-5-2-3-7-15(13)18)16(20)11-14-6-4-10-23-14/h2-7,10H,8-9,11-12H2,1H3. The van der Waals surface area contributed by atoms with Crippen molar-refractivity contribution in [2.24, 2.45) is 0 Å². The van der Waals surface area contributed by atoms with E-state index in [2.05, 4.69) is 4.74 Å². The molecular formula is C17H18ClNO3S. The summed E-state index contributed by atoms with van der Waals surface area (Å²) >= 11 is 7.72. The van der Waals surface area contributed by atoms with E-state index in [9.17, 15) is 9.59 Å². The van der Waals surface area contributed by atoms with Crippen LogP contribution >= 0.6 is 22.9 Å². The quantitative estimate of drug-likeness (QED) is 0.717. The lowest BCUT2D eigenvalue weighted by Gasteiger charge is -2.23. The number of ether oxygens (including phenoxy) is 1. The van der Waals surface area contributed by atoms with Crippen molar-refractivity contribution in [1.82, 2.24) is 4.90 Å². The SMILES string of the molecule is COC(=O)CCN(Cc1ccccc1Cl)C(=O)Cc1cccs1. The topological polar surface area (TPSA) is 46.6 Å². The second-order valence-corrected chi connectivity index (χ2v) is 6.43. The van der Waals surface area contributed by atoms with E-state index in [4.69, 9.17) is 11.6 Å². The van der Waals surface area contributed by atoms with Gasteiger partial charge in [0.2, 0.25) is 5.91 Å². The fraction of sp³-hybridized carbons (Fsp3) is 0.294. The first kappa shape index (κ1) is 17.5. The number of rotatable bonds is 7. The molecule has 0 saturated carbocycles. The minimum absolute atomic E-state index is 0.0312. The molecule has 0 atom stereocenters. The van der Waals surface area contributed by atoms with Gasteiger partial charge in [-0.2, -0.15) is 0 Å². The van der Waals surface area contributed by atoms with Crippen LogP contribution in [0.4, 0.5) is 0 Å². The predicted molar refractivity (Wildman–Crippen MR) is 91.5 cm³/mol. The number of methoxy groups -OCH3 is 1. The lowest BCUT2D eigenvalue weighted by Crippen LogP contribution is -2.33. The molecule has 2 aromatic rings. The third kappa shape index (κ3) is 5.37. The lowest BCUT2D eigenvalue weighted by atomic mass is 10.2. The molecule has 1 aromatic carbocycles. The van der Waals surface area contributed by atoms with Crippen molar-refractivity contribution in [3.8, 4) is 0 Å². The van der Waals surface area contributed by atoms with E-state index in [1.807, 2.05) is 35.7 Å². The average Bonchev–Trinajstić information content (AvgIpc) is 3.05. The maximum absolute atomic E-state index is 12.6. The Balaban J connectivity index is 2.08. The zero-order valence-corrected chi connectivity index (χ0v) is 14.4. The normalized spacial score (nSPS) is 10.3. The Morgan fingerprint density at radius 1 is 1.22 bits per heavy atom. The molecule has 2 rings (SSSR count). The molecule has 122 valence electrons. The molecule has 0 spiro atoms. The molecule has 0 aliphatic heterocycles. The molecule has 4 nitrogen and oxygen atoms in total. The highest BCUT2D eigenvalue weighted by molar-refractivity contribution is 7.10. The Morgan fingerprint density at radius 2 is 2.00 bits per heavy atom. The van der Waals surface area contributed by atoms with E-state index < -0.39 is 0 Å². The van der Waals surface area contributed by atoms with Gasteiger partial charge in [0, 0.05) is 23.0 Å². The number of amides is 1. The van der Waals surface area contributed by atoms with Crippen LogP contribution in [-0.2, 0) is 27.3 Å².